The van der Waals surface area contributed by atoms with Gasteiger partial charge in [-0.05, 0) is 36.8 Å². The first-order valence-corrected chi connectivity index (χ1v) is 8.21. The van der Waals surface area contributed by atoms with Crippen LogP contribution in [0.4, 0.5) is 11.4 Å². The molecule has 1 aromatic heterocycles. The molecule has 2 aromatic carbocycles. The van der Waals surface area contributed by atoms with Gasteiger partial charge >= 0.3 is 0 Å². The Kier molecular flexibility index (Phi) is 5.25. The van der Waals surface area contributed by atoms with Crippen LogP contribution in [-0.4, -0.2) is 10.9 Å². The number of hydrogen-bond donors (Lipinski definition) is 2. The van der Waals surface area contributed by atoms with Crippen molar-refractivity contribution in [1.82, 2.24) is 4.98 Å². The van der Waals surface area contributed by atoms with Crippen LogP contribution >= 0.6 is 0 Å². The van der Waals surface area contributed by atoms with Gasteiger partial charge < -0.3 is 10.6 Å². The lowest BCUT2D eigenvalue weighted by Gasteiger charge is -2.09. The monoisotopic (exact) mass is 342 g/mol. The number of aryl methyl sites for hydroxylation is 1. The summed E-state index contributed by atoms with van der Waals surface area (Å²) >= 11 is 0. The van der Waals surface area contributed by atoms with E-state index in [4.69, 9.17) is 5.26 Å². The SMILES string of the molecule is Cc1cccc(CNc2ccnc(C(=O)Nc3ccccc3C#N)c2)c1. The van der Waals surface area contributed by atoms with Crippen LogP contribution in [0.5, 0.6) is 0 Å². The number of pyridine rings is 1. The summed E-state index contributed by atoms with van der Waals surface area (Å²) in [5.74, 6) is -0.355. The number of benzene rings is 2. The predicted octanol–water partition coefficient (Wildman–Crippen LogP) is 4.13. The number of hydrogen-bond acceptors (Lipinski definition) is 4. The van der Waals surface area contributed by atoms with Crippen LogP contribution < -0.4 is 10.6 Å². The first kappa shape index (κ1) is 17.2. The fraction of sp³-hybridized carbons (Fsp3) is 0.0952. The average molecular weight is 342 g/mol. The molecule has 26 heavy (non-hydrogen) atoms. The van der Waals surface area contributed by atoms with Crippen LogP contribution in [-0.2, 0) is 6.54 Å². The molecule has 0 fully saturated rings. The van der Waals surface area contributed by atoms with Gasteiger partial charge in [0, 0.05) is 18.4 Å². The minimum atomic E-state index is -0.355. The van der Waals surface area contributed by atoms with Gasteiger partial charge in [0.1, 0.15) is 11.8 Å². The van der Waals surface area contributed by atoms with Gasteiger partial charge in [0.25, 0.3) is 5.91 Å². The number of carbonyl (C=O) groups excluding carboxylic acids is 1. The molecular weight excluding hydrogens is 324 g/mol. The van der Waals surface area contributed by atoms with Crippen molar-refractivity contribution in [3.05, 3.63) is 89.2 Å². The van der Waals surface area contributed by atoms with E-state index in [2.05, 4.69) is 40.7 Å². The summed E-state index contributed by atoms with van der Waals surface area (Å²) in [6, 6.07) is 20.7. The molecule has 3 aromatic rings. The van der Waals surface area contributed by atoms with E-state index in [-0.39, 0.29) is 11.6 Å². The van der Waals surface area contributed by atoms with E-state index in [1.165, 1.54) is 5.56 Å². The van der Waals surface area contributed by atoms with Gasteiger partial charge in [-0.15, -0.1) is 0 Å². The summed E-state index contributed by atoms with van der Waals surface area (Å²) in [5.41, 5.74) is 4.34. The van der Waals surface area contributed by atoms with Gasteiger partial charge in [0.15, 0.2) is 0 Å². The molecule has 1 amide bonds. The third-order valence-electron chi connectivity index (χ3n) is 3.87. The minimum Gasteiger partial charge on any atom is -0.381 e. The normalized spacial score (nSPS) is 10.0. The minimum absolute atomic E-state index is 0.284. The molecule has 0 unspecified atom stereocenters. The summed E-state index contributed by atoms with van der Waals surface area (Å²) in [4.78, 5) is 16.6. The Balaban J connectivity index is 1.70. The Morgan fingerprint density at radius 1 is 1.12 bits per heavy atom. The summed E-state index contributed by atoms with van der Waals surface area (Å²) in [5, 5.41) is 15.1. The molecule has 5 nitrogen and oxygen atoms in total. The van der Waals surface area contributed by atoms with Gasteiger partial charge in [0.05, 0.1) is 11.3 Å². The first-order valence-electron chi connectivity index (χ1n) is 8.21. The second-order valence-electron chi connectivity index (χ2n) is 5.88. The molecule has 0 aliphatic carbocycles. The number of nitrogens with one attached hydrogen (secondary N) is 2. The Morgan fingerprint density at radius 3 is 2.77 bits per heavy atom. The van der Waals surface area contributed by atoms with Crippen LogP contribution in [0.25, 0.3) is 0 Å². The topological polar surface area (TPSA) is 77.8 Å². The van der Waals surface area contributed by atoms with Crippen LogP contribution in [0, 0.1) is 18.3 Å². The van der Waals surface area contributed by atoms with Crippen LogP contribution in [0.1, 0.15) is 27.2 Å². The predicted molar refractivity (Wildman–Crippen MR) is 102 cm³/mol. The van der Waals surface area contributed by atoms with E-state index in [0.717, 1.165) is 11.3 Å². The Bertz CT molecular complexity index is 975. The maximum absolute atomic E-state index is 12.4. The van der Waals surface area contributed by atoms with Crippen molar-refractivity contribution in [3.8, 4) is 6.07 Å². The standard InChI is InChI=1S/C21H18N4O/c1-15-5-4-6-16(11-15)14-24-18-9-10-23-20(12-18)21(26)25-19-8-3-2-7-17(19)13-22/h2-12H,14H2,1H3,(H,23,24)(H,25,26). The number of anilines is 2. The molecule has 5 heteroatoms. The van der Waals surface area contributed by atoms with E-state index in [1.807, 2.05) is 18.2 Å². The molecular formula is C21H18N4O. The van der Waals surface area contributed by atoms with Crippen LogP contribution in [0.3, 0.4) is 0 Å². The highest BCUT2D eigenvalue weighted by molar-refractivity contribution is 6.04. The van der Waals surface area contributed by atoms with Gasteiger partial charge in [0.2, 0.25) is 0 Å². The molecule has 0 atom stereocenters. The number of nitrogens with zero attached hydrogens (tertiary/aromatic N) is 2. The van der Waals surface area contributed by atoms with E-state index in [0.29, 0.717) is 17.8 Å². The maximum Gasteiger partial charge on any atom is 0.274 e. The molecule has 0 spiro atoms. The number of rotatable bonds is 5. The second-order valence-corrected chi connectivity index (χ2v) is 5.88. The van der Waals surface area contributed by atoms with E-state index in [9.17, 15) is 4.79 Å². The van der Waals surface area contributed by atoms with E-state index >= 15 is 0 Å². The number of aromatic nitrogens is 1. The van der Waals surface area contributed by atoms with Crippen molar-refractivity contribution in [1.29, 1.82) is 5.26 Å². The van der Waals surface area contributed by atoms with Gasteiger partial charge in [-0.3, -0.25) is 9.78 Å². The molecule has 0 bridgehead atoms. The molecule has 0 saturated heterocycles. The molecule has 3 rings (SSSR count). The lowest BCUT2D eigenvalue weighted by Crippen LogP contribution is -2.15. The van der Waals surface area contributed by atoms with Crippen molar-refractivity contribution in [2.24, 2.45) is 0 Å². The molecule has 128 valence electrons. The summed E-state index contributed by atoms with van der Waals surface area (Å²) in [6.45, 7) is 2.71. The van der Waals surface area contributed by atoms with Crippen LogP contribution in [0.15, 0.2) is 66.9 Å². The number of carbonyl (C=O) groups is 1. The van der Waals surface area contributed by atoms with E-state index < -0.39 is 0 Å². The van der Waals surface area contributed by atoms with Crippen molar-refractivity contribution < 1.29 is 4.79 Å². The summed E-state index contributed by atoms with van der Waals surface area (Å²) in [7, 11) is 0. The summed E-state index contributed by atoms with van der Waals surface area (Å²) in [6.07, 6.45) is 1.59. The first-order chi connectivity index (χ1) is 12.7. The molecule has 2 N–H and O–H groups in total. The van der Waals surface area contributed by atoms with E-state index in [1.54, 1.807) is 36.5 Å². The fourth-order valence-corrected chi connectivity index (χ4v) is 2.57. The maximum atomic E-state index is 12.4. The largest absolute Gasteiger partial charge is 0.381 e. The number of amides is 1. The highest BCUT2D eigenvalue weighted by Crippen LogP contribution is 2.16. The van der Waals surface area contributed by atoms with Gasteiger partial charge in [-0.2, -0.15) is 5.26 Å². The fourth-order valence-electron chi connectivity index (χ4n) is 2.57. The Labute approximate surface area is 152 Å². The van der Waals surface area contributed by atoms with Crippen LogP contribution in [0.2, 0.25) is 0 Å². The zero-order chi connectivity index (χ0) is 18.4. The third-order valence-corrected chi connectivity index (χ3v) is 3.87. The van der Waals surface area contributed by atoms with Crippen molar-refractivity contribution in [3.63, 3.8) is 0 Å². The smallest absolute Gasteiger partial charge is 0.274 e. The van der Waals surface area contributed by atoms with Gasteiger partial charge in [-0.1, -0.05) is 42.0 Å². The number of nitriles is 1. The van der Waals surface area contributed by atoms with Crippen molar-refractivity contribution >= 4 is 17.3 Å². The third kappa shape index (κ3) is 4.25. The molecule has 0 saturated carbocycles. The highest BCUT2D eigenvalue weighted by Gasteiger charge is 2.10. The quantitative estimate of drug-likeness (QED) is 0.731. The Hall–Kier alpha value is -3.65. The van der Waals surface area contributed by atoms with Gasteiger partial charge in [-0.25, -0.2) is 0 Å². The zero-order valence-electron chi connectivity index (χ0n) is 14.4. The molecule has 0 radical (unpaired) electrons. The Morgan fingerprint density at radius 2 is 1.96 bits per heavy atom. The average Bonchev–Trinajstić information content (AvgIpc) is 2.67. The molecule has 1 heterocycles. The van der Waals surface area contributed by atoms with Crippen molar-refractivity contribution in [2.45, 2.75) is 13.5 Å². The lowest BCUT2D eigenvalue weighted by molar-refractivity contribution is 0.102. The second kappa shape index (κ2) is 7.95. The summed E-state index contributed by atoms with van der Waals surface area (Å²) < 4.78 is 0. The zero-order valence-corrected chi connectivity index (χ0v) is 14.4. The highest BCUT2D eigenvalue weighted by atomic mass is 16.1. The molecule has 0 aliphatic heterocycles. The number of para-hydroxylation sites is 1. The molecule has 0 aliphatic rings. The lowest BCUT2D eigenvalue weighted by atomic mass is 10.1. The van der Waals surface area contributed by atoms with Crippen molar-refractivity contribution in [2.75, 3.05) is 10.6 Å².